The summed E-state index contributed by atoms with van der Waals surface area (Å²) in [5, 5.41) is 0. The van der Waals surface area contributed by atoms with Crippen molar-refractivity contribution in [3.8, 4) is 0 Å². The topological polar surface area (TPSA) is 9.23 Å². The molecule has 0 heterocycles. The van der Waals surface area contributed by atoms with E-state index in [2.05, 4.69) is 41.5 Å². The monoisotopic (exact) mass is 186 g/mol. The van der Waals surface area contributed by atoms with Gasteiger partial charge in [-0.15, -0.1) is 0 Å². The molecule has 0 fully saturated rings. The average Bonchev–Trinajstić information content (AvgIpc) is 2.05. The third kappa shape index (κ3) is 3.68. The molecule has 0 aromatic carbocycles. The van der Waals surface area contributed by atoms with E-state index in [-0.39, 0.29) is 5.60 Å². The first-order valence-corrected chi connectivity index (χ1v) is 5.67. The summed E-state index contributed by atoms with van der Waals surface area (Å²) in [6.07, 6.45) is 3.88. The lowest BCUT2D eigenvalue weighted by molar-refractivity contribution is -0.109. The smallest absolute Gasteiger partial charge is 0.0683 e. The standard InChI is InChI=1S/C12H26O/c1-7-11(8-2)12(6,9-3)13-10(4)5/h10-11H,7-9H2,1-6H3. The summed E-state index contributed by atoms with van der Waals surface area (Å²) in [5.41, 5.74) is 0.0810. The number of rotatable bonds is 6. The Hall–Kier alpha value is -0.0400. The molecule has 0 N–H and O–H groups in total. The van der Waals surface area contributed by atoms with Crippen LogP contribution in [0.1, 0.15) is 60.8 Å². The van der Waals surface area contributed by atoms with E-state index in [1.165, 1.54) is 12.8 Å². The maximum atomic E-state index is 6.03. The van der Waals surface area contributed by atoms with E-state index in [0.717, 1.165) is 6.42 Å². The lowest BCUT2D eigenvalue weighted by Crippen LogP contribution is -2.38. The highest BCUT2D eigenvalue weighted by molar-refractivity contribution is 4.81. The molecule has 0 rings (SSSR count). The zero-order valence-electron chi connectivity index (χ0n) is 10.2. The van der Waals surface area contributed by atoms with E-state index < -0.39 is 0 Å². The van der Waals surface area contributed by atoms with Gasteiger partial charge in [-0.1, -0.05) is 33.6 Å². The maximum absolute atomic E-state index is 6.03. The predicted molar refractivity (Wildman–Crippen MR) is 59.0 cm³/mol. The van der Waals surface area contributed by atoms with Gasteiger partial charge in [-0.05, 0) is 33.1 Å². The first kappa shape index (κ1) is 13.0. The first-order chi connectivity index (χ1) is 6.00. The van der Waals surface area contributed by atoms with Crippen LogP contribution in [0.4, 0.5) is 0 Å². The van der Waals surface area contributed by atoms with E-state index in [4.69, 9.17) is 4.74 Å². The van der Waals surface area contributed by atoms with E-state index in [1.54, 1.807) is 0 Å². The van der Waals surface area contributed by atoms with Gasteiger partial charge in [-0.2, -0.15) is 0 Å². The van der Waals surface area contributed by atoms with Crippen molar-refractivity contribution in [1.82, 2.24) is 0 Å². The molecular weight excluding hydrogens is 160 g/mol. The van der Waals surface area contributed by atoms with E-state index in [9.17, 15) is 0 Å². The molecule has 1 atom stereocenters. The van der Waals surface area contributed by atoms with Crippen LogP contribution >= 0.6 is 0 Å². The van der Waals surface area contributed by atoms with E-state index in [0.29, 0.717) is 12.0 Å². The minimum Gasteiger partial charge on any atom is -0.372 e. The van der Waals surface area contributed by atoms with Crippen LogP contribution in [0, 0.1) is 5.92 Å². The number of hydrogen-bond acceptors (Lipinski definition) is 1. The Kier molecular flexibility index (Phi) is 5.62. The molecule has 80 valence electrons. The predicted octanol–water partition coefficient (Wildman–Crippen LogP) is 4.02. The first-order valence-electron chi connectivity index (χ1n) is 5.67. The van der Waals surface area contributed by atoms with E-state index >= 15 is 0 Å². The van der Waals surface area contributed by atoms with Gasteiger partial charge in [0.2, 0.25) is 0 Å². The molecule has 0 saturated heterocycles. The molecule has 0 spiro atoms. The molecule has 0 aromatic heterocycles. The molecule has 0 amide bonds. The zero-order valence-corrected chi connectivity index (χ0v) is 10.2. The molecule has 0 aliphatic rings. The summed E-state index contributed by atoms with van der Waals surface area (Å²) < 4.78 is 6.03. The summed E-state index contributed by atoms with van der Waals surface area (Å²) in [7, 11) is 0. The third-order valence-corrected chi connectivity index (χ3v) is 3.06. The normalized spacial score (nSPS) is 16.6. The minimum atomic E-state index is 0.0810. The zero-order chi connectivity index (χ0) is 10.5. The van der Waals surface area contributed by atoms with Gasteiger partial charge >= 0.3 is 0 Å². The van der Waals surface area contributed by atoms with Crippen LogP contribution in [-0.2, 0) is 4.74 Å². The Labute approximate surface area is 83.9 Å². The molecule has 0 bridgehead atoms. The maximum Gasteiger partial charge on any atom is 0.0683 e. The van der Waals surface area contributed by atoms with Crippen molar-refractivity contribution < 1.29 is 4.74 Å². The molecule has 0 radical (unpaired) electrons. The van der Waals surface area contributed by atoms with Crippen LogP contribution in [0.3, 0.4) is 0 Å². The lowest BCUT2D eigenvalue weighted by atomic mass is 9.82. The second-order valence-corrected chi connectivity index (χ2v) is 4.35. The van der Waals surface area contributed by atoms with E-state index in [1.807, 2.05) is 0 Å². The van der Waals surface area contributed by atoms with Crippen molar-refractivity contribution in [2.24, 2.45) is 5.92 Å². The van der Waals surface area contributed by atoms with Gasteiger partial charge in [0.25, 0.3) is 0 Å². The molecule has 0 saturated carbocycles. The molecule has 1 heteroatoms. The summed E-state index contributed by atoms with van der Waals surface area (Å²) in [6.45, 7) is 13.2. The fourth-order valence-corrected chi connectivity index (χ4v) is 2.16. The van der Waals surface area contributed by atoms with Gasteiger partial charge in [0, 0.05) is 0 Å². The van der Waals surface area contributed by atoms with Crippen molar-refractivity contribution in [2.75, 3.05) is 0 Å². The van der Waals surface area contributed by atoms with Crippen LogP contribution in [-0.4, -0.2) is 11.7 Å². The van der Waals surface area contributed by atoms with Gasteiger partial charge in [0.05, 0.1) is 11.7 Å². The Morgan fingerprint density at radius 2 is 1.54 bits per heavy atom. The van der Waals surface area contributed by atoms with Gasteiger partial charge in [0.15, 0.2) is 0 Å². The summed E-state index contributed by atoms with van der Waals surface area (Å²) in [5.74, 6) is 0.694. The Morgan fingerprint density at radius 3 is 1.77 bits per heavy atom. The summed E-state index contributed by atoms with van der Waals surface area (Å²) in [4.78, 5) is 0. The molecule has 0 aromatic rings. The van der Waals surface area contributed by atoms with Crippen LogP contribution in [0.25, 0.3) is 0 Å². The van der Waals surface area contributed by atoms with Crippen molar-refractivity contribution in [2.45, 2.75) is 72.5 Å². The lowest BCUT2D eigenvalue weighted by Gasteiger charge is -2.37. The second kappa shape index (κ2) is 5.64. The van der Waals surface area contributed by atoms with Crippen molar-refractivity contribution >= 4 is 0 Å². The van der Waals surface area contributed by atoms with Gasteiger partial charge in [-0.25, -0.2) is 0 Å². The van der Waals surface area contributed by atoms with Crippen molar-refractivity contribution in [3.05, 3.63) is 0 Å². The molecule has 0 aliphatic heterocycles. The quantitative estimate of drug-likeness (QED) is 0.609. The van der Waals surface area contributed by atoms with Crippen molar-refractivity contribution in [3.63, 3.8) is 0 Å². The van der Waals surface area contributed by atoms with Crippen LogP contribution in [0.5, 0.6) is 0 Å². The Bertz CT molecular complexity index is 127. The fraction of sp³-hybridized carbons (Fsp3) is 1.00. The van der Waals surface area contributed by atoms with Crippen LogP contribution < -0.4 is 0 Å². The highest BCUT2D eigenvalue weighted by atomic mass is 16.5. The van der Waals surface area contributed by atoms with Crippen LogP contribution in [0.15, 0.2) is 0 Å². The second-order valence-electron chi connectivity index (χ2n) is 4.35. The molecule has 13 heavy (non-hydrogen) atoms. The van der Waals surface area contributed by atoms with Gasteiger partial charge < -0.3 is 4.74 Å². The molecular formula is C12H26O. The molecule has 1 nitrogen and oxygen atoms in total. The number of ether oxygens (including phenoxy) is 1. The number of hydrogen-bond donors (Lipinski definition) is 0. The average molecular weight is 186 g/mol. The van der Waals surface area contributed by atoms with Gasteiger partial charge in [0.1, 0.15) is 0 Å². The summed E-state index contributed by atoms with van der Waals surface area (Å²) >= 11 is 0. The van der Waals surface area contributed by atoms with Gasteiger partial charge in [-0.3, -0.25) is 0 Å². The Balaban J connectivity index is 4.39. The SMILES string of the molecule is CCC(CC)C(C)(CC)OC(C)C. The fourth-order valence-electron chi connectivity index (χ4n) is 2.16. The highest BCUT2D eigenvalue weighted by Gasteiger charge is 2.31. The molecule has 0 aliphatic carbocycles. The summed E-state index contributed by atoms with van der Waals surface area (Å²) in [6, 6.07) is 0. The Morgan fingerprint density at radius 1 is 1.08 bits per heavy atom. The minimum absolute atomic E-state index is 0.0810. The highest BCUT2D eigenvalue weighted by Crippen LogP contribution is 2.31. The van der Waals surface area contributed by atoms with Crippen LogP contribution in [0.2, 0.25) is 0 Å². The van der Waals surface area contributed by atoms with Crippen molar-refractivity contribution in [1.29, 1.82) is 0 Å². The molecule has 1 unspecified atom stereocenters. The third-order valence-electron chi connectivity index (χ3n) is 3.06. The largest absolute Gasteiger partial charge is 0.372 e.